The molecule has 0 fully saturated rings. The third-order valence-electron chi connectivity index (χ3n) is 2.67. The van der Waals surface area contributed by atoms with Crippen LogP contribution in [0.5, 0.6) is 0 Å². The first-order chi connectivity index (χ1) is 8.99. The van der Waals surface area contributed by atoms with Gasteiger partial charge in [-0.05, 0) is 84.0 Å². The Morgan fingerprint density at radius 2 is 1.74 bits per heavy atom. The lowest BCUT2D eigenvalue weighted by Gasteiger charge is -2.13. The average Bonchev–Trinajstić information content (AvgIpc) is 2.33. The minimum absolute atomic E-state index is 0.249. The standard InChI is InChI=1S/C14H11Br3FN/c1-8-5-10(15)14(11(16)6-8)19-7-9-3-2-4-12(18)13(9)17/h2-6,19H,7H2,1H3. The molecule has 0 aromatic heterocycles. The van der Waals surface area contributed by atoms with Gasteiger partial charge >= 0.3 is 0 Å². The van der Waals surface area contributed by atoms with Crippen molar-refractivity contribution >= 4 is 53.5 Å². The minimum atomic E-state index is -0.249. The molecule has 0 aliphatic rings. The molecule has 0 radical (unpaired) electrons. The van der Waals surface area contributed by atoms with Gasteiger partial charge in [0, 0.05) is 15.5 Å². The van der Waals surface area contributed by atoms with Gasteiger partial charge in [0.15, 0.2) is 0 Å². The van der Waals surface area contributed by atoms with Crippen LogP contribution in [0.15, 0.2) is 43.7 Å². The minimum Gasteiger partial charge on any atom is -0.379 e. The van der Waals surface area contributed by atoms with E-state index in [9.17, 15) is 4.39 Å². The fourth-order valence-corrected chi connectivity index (χ4v) is 3.84. The molecule has 100 valence electrons. The van der Waals surface area contributed by atoms with Gasteiger partial charge in [0.25, 0.3) is 0 Å². The number of hydrogen-bond donors (Lipinski definition) is 1. The van der Waals surface area contributed by atoms with Gasteiger partial charge in [-0.15, -0.1) is 0 Å². The highest BCUT2D eigenvalue weighted by molar-refractivity contribution is 9.11. The molecule has 0 aliphatic heterocycles. The van der Waals surface area contributed by atoms with Crippen molar-refractivity contribution in [2.75, 3.05) is 5.32 Å². The van der Waals surface area contributed by atoms with Crippen molar-refractivity contribution in [2.24, 2.45) is 0 Å². The van der Waals surface area contributed by atoms with Gasteiger partial charge in [0.2, 0.25) is 0 Å². The van der Waals surface area contributed by atoms with Crippen LogP contribution in [0, 0.1) is 12.7 Å². The number of aryl methyl sites for hydroxylation is 1. The normalized spacial score (nSPS) is 10.6. The molecule has 2 aromatic rings. The maximum absolute atomic E-state index is 13.4. The molecule has 0 heterocycles. The molecule has 0 aliphatic carbocycles. The molecule has 2 rings (SSSR count). The smallest absolute Gasteiger partial charge is 0.137 e. The number of anilines is 1. The summed E-state index contributed by atoms with van der Waals surface area (Å²) in [4.78, 5) is 0. The van der Waals surface area contributed by atoms with E-state index >= 15 is 0 Å². The summed E-state index contributed by atoms with van der Waals surface area (Å²) in [5.41, 5.74) is 3.00. The van der Waals surface area contributed by atoms with Crippen LogP contribution in [0.3, 0.4) is 0 Å². The first kappa shape index (κ1) is 15.0. The lowest BCUT2D eigenvalue weighted by Crippen LogP contribution is -2.02. The van der Waals surface area contributed by atoms with E-state index < -0.39 is 0 Å². The zero-order valence-corrected chi connectivity index (χ0v) is 14.9. The van der Waals surface area contributed by atoms with Gasteiger partial charge in [0.05, 0.1) is 10.2 Å². The predicted octanol–water partition coefficient (Wildman–Crippen LogP) is 6.03. The molecule has 0 atom stereocenters. The van der Waals surface area contributed by atoms with Gasteiger partial charge in [-0.25, -0.2) is 4.39 Å². The summed E-state index contributed by atoms with van der Waals surface area (Å²) in [6.07, 6.45) is 0. The Morgan fingerprint density at radius 1 is 1.11 bits per heavy atom. The fraction of sp³-hybridized carbons (Fsp3) is 0.143. The van der Waals surface area contributed by atoms with Gasteiger partial charge in [-0.2, -0.15) is 0 Å². The molecule has 0 bridgehead atoms. The van der Waals surface area contributed by atoms with Gasteiger partial charge in [-0.1, -0.05) is 12.1 Å². The Bertz CT molecular complexity index is 591. The molecule has 2 aromatic carbocycles. The van der Waals surface area contributed by atoms with Crippen molar-refractivity contribution in [3.8, 4) is 0 Å². The summed E-state index contributed by atoms with van der Waals surface area (Å²) in [6, 6.07) is 9.10. The third kappa shape index (κ3) is 3.58. The number of hydrogen-bond acceptors (Lipinski definition) is 1. The van der Waals surface area contributed by atoms with E-state index in [1.54, 1.807) is 6.07 Å². The second-order valence-electron chi connectivity index (χ2n) is 4.17. The van der Waals surface area contributed by atoms with Crippen molar-refractivity contribution in [1.82, 2.24) is 0 Å². The van der Waals surface area contributed by atoms with E-state index in [0.717, 1.165) is 25.8 Å². The van der Waals surface area contributed by atoms with Crippen LogP contribution in [0.4, 0.5) is 10.1 Å². The monoisotopic (exact) mass is 449 g/mol. The van der Waals surface area contributed by atoms with Gasteiger partial charge in [-0.3, -0.25) is 0 Å². The third-order valence-corrected chi connectivity index (χ3v) is 4.81. The fourth-order valence-electron chi connectivity index (χ4n) is 1.74. The Kier molecular flexibility index (Phi) is 5.03. The van der Waals surface area contributed by atoms with Crippen LogP contribution in [0.1, 0.15) is 11.1 Å². The molecule has 1 N–H and O–H groups in total. The molecule has 0 amide bonds. The topological polar surface area (TPSA) is 12.0 Å². The van der Waals surface area contributed by atoms with Crippen LogP contribution in [0.25, 0.3) is 0 Å². The maximum Gasteiger partial charge on any atom is 0.137 e. The van der Waals surface area contributed by atoms with Crippen molar-refractivity contribution in [3.05, 3.63) is 60.7 Å². The predicted molar refractivity (Wildman–Crippen MR) is 88.0 cm³/mol. The second-order valence-corrected chi connectivity index (χ2v) is 6.67. The summed E-state index contributed by atoms with van der Waals surface area (Å²) in [6.45, 7) is 2.57. The molecule has 0 saturated heterocycles. The van der Waals surface area contributed by atoms with Crippen molar-refractivity contribution < 1.29 is 4.39 Å². The zero-order chi connectivity index (χ0) is 14.0. The molecule has 0 saturated carbocycles. The number of halogens is 4. The van der Waals surface area contributed by atoms with E-state index in [1.807, 2.05) is 25.1 Å². The number of benzene rings is 2. The Labute approximate surface area is 137 Å². The second kappa shape index (κ2) is 6.37. The highest BCUT2D eigenvalue weighted by Gasteiger charge is 2.08. The Hall–Kier alpha value is -0.390. The van der Waals surface area contributed by atoms with E-state index in [4.69, 9.17) is 0 Å². The summed E-state index contributed by atoms with van der Waals surface area (Å²) in [7, 11) is 0. The molecular formula is C14H11Br3FN. The first-order valence-corrected chi connectivity index (χ1v) is 7.99. The largest absolute Gasteiger partial charge is 0.379 e. The van der Waals surface area contributed by atoms with E-state index in [1.165, 1.54) is 6.07 Å². The number of nitrogens with one attached hydrogen (secondary N) is 1. The summed E-state index contributed by atoms with van der Waals surface area (Å²) >= 11 is 10.3. The molecular weight excluding hydrogens is 441 g/mol. The average molecular weight is 452 g/mol. The van der Waals surface area contributed by atoms with Crippen LogP contribution in [0.2, 0.25) is 0 Å². The van der Waals surface area contributed by atoms with Crippen molar-refractivity contribution in [3.63, 3.8) is 0 Å². The van der Waals surface area contributed by atoms with Crippen molar-refractivity contribution in [2.45, 2.75) is 13.5 Å². The van der Waals surface area contributed by atoms with Gasteiger partial charge < -0.3 is 5.32 Å². The quantitative estimate of drug-likeness (QED) is 0.600. The van der Waals surface area contributed by atoms with E-state index in [-0.39, 0.29) is 5.82 Å². The van der Waals surface area contributed by atoms with E-state index in [2.05, 4.69) is 53.1 Å². The molecule has 0 unspecified atom stereocenters. The summed E-state index contributed by atoms with van der Waals surface area (Å²) < 4.78 is 15.9. The molecule has 19 heavy (non-hydrogen) atoms. The Morgan fingerprint density at radius 3 is 2.37 bits per heavy atom. The molecule has 5 heteroatoms. The van der Waals surface area contributed by atoms with Crippen LogP contribution < -0.4 is 5.32 Å². The summed E-state index contributed by atoms with van der Waals surface area (Å²) in [5.74, 6) is -0.249. The van der Waals surface area contributed by atoms with Crippen LogP contribution in [-0.4, -0.2) is 0 Å². The highest BCUT2D eigenvalue weighted by Crippen LogP contribution is 2.33. The lowest BCUT2D eigenvalue weighted by atomic mass is 10.2. The Balaban J connectivity index is 2.22. The van der Waals surface area contributed by atoms with Crippen molar-refractivity contribution in [1.29, 1.82) is 0 Å². The zero-order valence-electron chi connectivity index (χ0n) is 10.1. The van der Waals surface area contributed by atoms with Gasteiger partial charge in [0.1, 0.15) is 5.82 Å². The first-order valence-electron chi connectivity index (χ1n) is 5.61. The maximum atomic E-state index is 13.4. The molecule has 0 spiro atoms. The lowest BCUT2D eigenvalue weighted by molar-refractivity contribution is 0.618. The number of rotatable bonds is 3. The molecule has 1 nitrogen and oxygen atoms in total. The SMILES string of the molecule is Cc1cc(Br)c(NCc2cccc(F)c2Br)c(Br)c1. The van der Waals surface area contributed by atoms with E-state index in [0.29, 0.717) is 11.0 Å². The highest BCUT2D eigenvalue weighted by atomic mass is 79.9. The van der Waals surface area contributed by atoms with Crippen LogP contribution in [-0.2, 0) is 6.54 Å². The summed E-state index contributed by atoms with van der Waals surface area (Å²) in [5, 5.41) is 3.30. The van der Waals surface area contributed by atoms with Crippen LogP contribution >= 0.6 is 47.8 Å².